The van der Waals surface area contributed by atoms with E-state index in [2.05, 4.69) is 10.6 Å². The fourth-order valence-corrected chi connectivity index (χ4v) is 2.12. The Balaban J connectivity index is 2.17. The Hall–Kier alpha value is -3.14. The van der Waals surface area contributed by atoms with Gasteiger partial charge in [-0.05, 0) is 37.6 Å². The largest absolute Gasteiger partial charge is 0.349 e. The Kier molecular flexibility index (Phi) is 6.72. The average molecular weight is 334 g/mol. The highest BCUT2D eigenvalue weighted by molar-refractivity contribution is 6.03. The lowest BCUT2D eigenvalue weighted by Gasteiger charge is -2.12. The number of benzene rings is 2. The second-order valence-corrected chi connectivity index (χ2v) is 5.80. The topological polar surface area (TPSA) is 58.2 Å². The lowest BCUT2D eigenvalue weighted by Crippen LogP contribution is -2.38. The molecule has 0 aliphatic rings. The number of hydrogen-bond acceptors (Lipinski definition) is 2. The van der Waals surface area contributed by atoms with Gasteiger partial charge in [0.25, 0.3) is 11.8 Å². The van der Waals surface area contributed by atoms with Crippen LogP contribution in [0.25, 0.3) is 6.08 Å². The standard InChI is InChI=1S/C21H22N2O2/c1-16(2)22-21(25)19(15-9-12-17-10-5-3-6-11-17)23-20(24)18-13-7-4-8-14-18/h3-16H,1-2H3,(H,22,25)(H,23,24)/b12-9-,19-15-. The summed E-state index contributed by atoms with van der Waals surface area (Å²) in [5, 5.41) is 5.48. The van der Waals surface area contributed by atoms with Crippen LogP contribution in [0.1, 0.15) is 29.8 Å². The van der Waals surface area contributed by atoms with Crippen molar-refractivity contribution in [2.24, 2.45) is 0 Å². The van der Waals surface area contributed by atoms with Gasteiger partial charge in [0.1, 0.15) is 5.70 Å². The molecule has 128 valence electrons. The van der Waals surface area contributed by atoms with Crippen LogP contribution in [0.5, 0.6) is 0 Å². The lowest BCUT2D eigenvalue weighted by molar-refractivity contribution is -0.118. The van der Waals surface area contributed by atoms with Gasteiger partial charge in [0.2, 0.25) is 0 Å². The molecule has 0 unspecified atom stereocenters. The Bertz CT molecular complexity index is 763. The Morgan fingerprint density at radius 1 is 0.920 bits per heavy atom. The SMILES string of the molecule is CC(C)NC(=O)/C(=C/C=C\c1ccccc1)NC(=O)c1ccccc1. The zero-order chi connectivity index (χ0) is 18.1. The quantitative estimate of drug-likeness (QED) is 0.627. The van der Waals surface area contributed by atoms with Crippen molar-refractivity contribution in [3.05, 3.63) is 89.6 Å². The predicted molar refractivity (Wildman–Crippen MR) is 101 cm³/mol. The van der Waals surface area contributed by atoms with Gasteiger partial charge in [-0.2, -0.15) is 0 Å². The molecule has 0 aliphatic heterocycles. The molecule has 0 heterocycles. The molecule has 2 aromatic rings. The zero-order valence-electron chi connectivity index (χ0n) is 14.4. The molecule has 4 heteroatoms. The molecule has 2 amide bonds. The van der Waals surface area contributed by atoms with Gasteiger partial charge < -0.3 is 10.6 Å². The van der Waals surface area contributed by atoms with Crippen LogP contribution in [0, 0.1) is 0 Å². The van der Waals surface area contributed by atoms with Gasteiger partial charge in [0.15, 0.2) is 0 Å². The summed E-state index contributed by atoms with van der Waals surface area (Å²) >= 11 is 0. The third kappa shape index (κ3) is 6.11. The summed E-state index contributed by atoms with van der Waals surface area (Å²) in [7, 11) is 0. The molecule has 0 spiro atoms. The summed E-state index contributed by atoms with van der Waals surface area (Å²) in [6.45, 7) is 3.74. The maximum Gasteiger partial charge on any atom is 0.267 e. The number of amides is 2. The van der Waals surface area contributed by atoms with Crippen LogP contribution in [0.2, 0.25) is 0 Å². The Morgan fingerprint density at radius 2 is 1.52 bits per heavy atom. The van der Waals surface area contributed by atoms with Gasteiger partial charge in [0.05, 0.1) is 0 Å². The van der Waals surface area contributed by atoms with Crippen molar-refractivity contribution in [3.63, 3.8) is 0 Å². The van der Waals surface area contributed by atoms with Crippen LogP contribution in [0.15, 0.2) is 78.5 Å². The first-order valence-electron chi connectivity index (χ1n) is 8.17. The van der Waals surface area contributed by atoms with Crippen molar-refractivity contribution in [3.8, 4) is 0 Å². The molecular weight excluding hydrogens is 312 g/mol. The van der Waals surface area contributed by atoms with E-state index in [1.807, 2.05) is 56.3 Å². The van der Waals surface area contributed by atoms with E-state index >= 15 is 0 Å². The third-order valence-electron chi connectivity index (χ3n) is 3.30. The first kappa shape index (κ1) is 18.2. The highest BCUT2D eigenvalue weighted by atomic mass is 16.2. The van der Waals surface area contributed by atoms with Crippen LogP contribution in [0.3, 0.4) is 0 Å². The minimum atomic E-state index is -0.322. The fraction of sp³-hybridized carbons (Fsp3) is 0.143. The Labute approximate surface area is 148 Å². The molecule has 0 aromatic heterocycles. The van der Waals surface area contributed by atoms with Crippen LogP contribution in [-0.2, 0) is 4.79 Å². The van der Waals surface area contributed by atoms with Gasteiger partial charge in [0, 0.05) is 11.6 Å². The van der Waals surface area contributed by atoms with Crippen LogP contribution in [-0.4, -0.2) is 17.9 Å². The number of rotatable bonds is 6. The van der Waals surface area contributed by atoms with Crippen LogP contribution >= 0.6 is 0 Å². The van der Waals surface area contributed by atoms with E-state index in [-0.39, 0.29) is 23.6 Å². The van der Waals surface area contributed by atoms with E-state index < -0.39 is 0 Å². The normalized spacial score (nSPS) is 11.6. The second kappa shape index (κ2) is 9.23. The summed E-state index contributed by atoms with van der Waals surface area (Å²) < 4.78 is 0. The molecule has 0 bridgehead atoms. The van der Waals surface area contributed by atoms with Gasteiger partial charge in [-0.25, -0.2) is 0 Å². The van der Waals surface area contributed by atoms with Crippen LogP contribution in [0.4, 0.5) is 0 Å². The van der Waals surface area contributed by atoms with Crippen molar-refractivity contribution in [1.29, 1.82) is 0 Å². The summed E-state index contributed by atoms with van der Waals surface area (Å²) in [6.07, 6.45) is 5.22. The molecule has 0 saturated heterocycles. The molecule has 2 aromatic carbocycles. The van der Waals surface area contributed by atoms with Crippen molar-refractivity contribution >= 4 is 17.9 Å². The van der Waals surface area contributed by atoms with E-state index in [4.69, 9.17) is 0 Å². The lowest BCUT2D eigenvalue weighted by atomic mass is 10.2. The molecule has 0 saturated carbocycles. The molecule has 0 radical (unpaired) electrons. The number of allylic oxidation sites excluding steroid dienone is 2. The Morgan fingerprint density at radius 3 is 2.12 bits per heavy atom. The fourth-order valence-electron chi connectivity index (χ4n) is 2.12. The minimum absolute atomic E-state index is 0.0253. The molecule has 25 heavy (non-hydrogen) atoms. The van der Waals surface area contributed by atoms with E-state index in [9.17, 15) is 9.59 Å². The predicted octanol–water partition coefficient (Wildman–Crippen LogP) is 3.54. The number of carbonyl (C=O) groups is 2. The van der Waals surface area contributed by atoms with Crippen molar-refractivity contribution < 1.29 is 9.59 Å². The second-order valence-electron chi connectivity index (χ2n) is 5.80. The number of hydrogen-bond donors (Lipinski definition) is 2. The zero-order valence-corrected chi connectivity index (χ0v) is 14.4. The summed E-state index contributed by atoms with van der Waals surface area (Å²) in [4.78, 5) is 24.7. The van der Waals surface area contributed by atoms with E-state index in [0.717, 1.165) is 5.56 Å². The molecule has 2 N–H and O–H groups in total. The van der Waals surface area contributed by atoms with Crippen molar-refractivity contribution in [2.45, 2.75) is 19.9 Å². The van der Waals surface area contributed by atoms with Gasteiger partial charge in [-0.3, -0.25) is 9.59 Å². The van der Waals surface area contributed by atoms with E-state index in [1.54, 1.807) is 36.4 Å². The van der Waals surface area contributed by atoms with Crippen molar-refractivity contribution in [1.82, 2.24) is 10.6 Å². The maximum absolute atomic E-state index is 12.3. The smallest absolute Gasteiger partial charge is 0.267 e. The summed E-state index contributed by atoms with van der Waals surface area (Å²) in [5.41, 5.74) is 1.71. The monoisotopic (exact) mass is 334 g/mol. The van der Waals surface area contributed by atoms with Gasteiger partial charge >= 0.3 is 0 Å². The molecular formula is C21H22N2O2. The highest BCUT2D eigenvalue weighted by Crippen LogP contribution is 2.04. The molecule has 0 fully saturated rings. The molecule has 0 aliphatic carbocycles. The maximum atomic E-state index is 12.3. The molecule has 0 atom stereocenters. The number of carbonyl (C=O) groups excluding carboxylic acids is 2. The molecule has 2 rings (SSSR count). The average Bonchev–Trinajstić information content (AvgIpc) is 2.61. The van der Waals surface area contributed by atoms with Gasteiger partial charge in [-0.1, -0.05) is 60.7 Å². The first-order valence-corrected chi connectivity index (χ1v) is 8.17. The first-order chi connectivity index (χ1) is 12.1. The number of nitrogens with one attached hydrogen (secondary N) is 2. The van der Waals surface area contributed by atoms with Gasteiger partial charge in [-0.15, -0.1) is 0 Å². The third-order valence-corrected chi connectivity index (χ3v) is 3.30. The summed E-state index contributed by atoms with van der Waals surface area (Å²) in [5.74, 6) is -0.643. The van der Waals surface area contributed by atoms with E-state index in [0.29, 0.717) is 5.56 Å². The molecule has 4 nitrogen and oxygen atoms in total. The summed E-state index contributed by atoms with van der Waals surface area (Å²) in [6, 6.07) is 18.5. The minimum Gasteiger partial charge on any atom is -0.349 e. The van der Waals surface area contributed by atoms with E-state index in [1.165, 1.54) is 0 Å². The van der Waals surface area contributed by atoms with Crippen molar-refractivity contribution in [2.75, 3.05) is 0 Å². The highest BCUT2D eigenvalue weighted by Gasteiger charge is 2.14. The van der Waals surface area contributed by atoms with Crippen LogP contribution < -0.4 is 10.6 Å².